The number of benzene rings is 1. The van der Waals surface area contributed by atoms with Gasteiger partial charge in [-0.1, -0.05) is 19.9 Å². The molecule has 1 aliphatic rings. The van der Waals surface area contributed by atoms with Gasteiger partial charge in [0.1, 0.15) is 0 Å². The maximum Gasteiger partial charge on any atom is 0.241 e. The minimum Gasteiger partial charge on any atom is -0.372 e. The third kappa shape index (κ3) is 5.92. The zero-order valence-electron chi connectivity index (χ0n) is 15.4. The number of carbonyl (C=O) groups excluding carboxylic acids is 1. The van der Waals surface area contributed by atoms with Crippen molar-refractivity contribution in [1.82, 2.24) is 9.62 Å². The van der Waals surface area contributed by atoms with E-state index in [1.165, 1.54) is 11.0 Å². The van der Waals surface area contributed by atoms with Gasteiger partial charge in [-0.2, -0.15) is 0 Å². The summed E-state index contributed by atoms with van der Waals surface area (Å²) in [5.74, 6) is 0.0508. The number of nitrogens with two attached hydrogens (primary N) is 1. The van der Waals surface area contributed by atoms with Gasteiger partial charge in [0.2, 0.25) is 15.9 Å². The molecule has 0 saturated carbocycles. The Kier molecular flexibility index (Phi) is 8.49. The SMILES string of the molecule is CC(C)C(N)CCN(C)C(=O)CNS(=O)(=O)c1ccc2c(c1)COC2.Cl. The lowest BCUT2D eigenvalue weighted by Gasteiger charge is -2.21. The second kappa shape index (κ2) is 9.66. The van der Waals surface area contributed by atoms with Crippen LogP contribution in [0.15, 0.2) is 23.1 Å². The van der Waals surface area contributed by atoms with Crippen LogP contribution in [-0.2, 0) is 32.8 Å². The van der Waals surface area contributed by atoms with Crippen LogP contribution >= 0.6 is 12.4 Å². The van der Waals surface area contributed by atoms with Gasteiger partial charge in [0.15, 0.2) is 0 Å². The van der Waals surface area contributed by atoms with E-state index in [1.54, 1.807) is 19.2 Å². The summed E-state index contributed by atoms with van der Waals surface area (Å²) in [6.07, 6.45) is 0.678. The minimum atomic E-state index is -3.73. The van der Waals surface area contributed by atoms with E-state index in [9.17, 15) is 13.2 Å². The van der Waals surface area contributed by atoms with Crippen LogP contribution in [0.1, 0.15) is 31.4 Å². The highest BCUT2D eigenvalue weighted by Crippen LogP contribution is 2.22. The van der Waals surface area contributed by atoms with E-state index in [-0.39, 0.29) is 35.8 Å². The number of nitrogens with zero attached hydrogens (tertiary/aromatic N) is 1. The average Bonchev–Trinajstić information content (AvgIpc) is 3.04. The van der Waals surface area contributed by atoms with Gasteiger partial charge in [-0.3, -0.25) is 4.79 Å². The van der Waals surface area contributed by atoms with E-state index in [2.05, 4.69) is 4.72 Å². The molecule has 26 heavy (non-hydrogen) atoms. The van der Waals surface area contributed by atoms with Gasteiger partial charge in [-0.25, -0.2) is 13.1 Å². The van der Waals surface area contributed by atoms with Gasteiger partial charge in [-0.05, 0) is 35.6 Å². The quantitative estimate of drug-likeness (QED) is 0.677. The second-order valence-corrected chi connectivity index (χ2v) is 8.53. The Labute approximate surface area is 161 Å². The number of halogens is 1. The Hall–Kier alpha value is -1.19. The number of rotatable bonds is 8. The normalized spacial score (nSPS) is 14.7. The number of sulfonamides is 1. The number of likely N-dealkylation sites (N-methyl/N-ethyl adjacent to an activating group) is 1. The van der Waals surface area contributed by atoms with Crippen LogP contribution in [0, 0.1) is 5.92 Å². The van der Waals surface area contributed by atoms with Crippen LogP contribution in [0.2, 0.25) is 0 Å². The summed E-state index contributed by atoms with van der Waals surface area (Å²) in [6, 6.07) is 4.89. The summed E-state index contributed by atoms with van der Waals surface area (Å²) in [4.78, 5) is 13.8. The van der Waals surface area contributed by atoms with Crippen LogP contribution in [0.3, 0.4) is 0 Å². The summed E-state index contributed by atoms with van der Waals surface area (Å²) < 4.78 is 32.4. The topological polar surface area (TPSA) is 102 Å². The van der Waals surface area contributed by atoms with Crippen molar-refractivity contribution >= 4 is 28.3 Å². The van der Waals surface area contributed by atoms with E-state index in [4.69, 9.17) is 10.5 Å². The fraction of sp³-hybridized carbons (Fsp3) is 0.588. The van der Waals surface area contributed by atoms with Crippen molar-refractivity contribution in [2.24, 2.45) is 11.7 Å². The molecular formula is C17H28ClN3O4S. The van der Waals surface area contributed by atoms with Crippen LogP contribution in [0.25, 0.3) is 0 Å². The number of hydrogen-bond donors (Lipinski definition) is 2. The van der Waals surface area contributed by atoms with Gasteiger partial charge in [0.05, 0.1) is 24.7 Å². The van der Waals surface area contributed by atoms with Crippen molar-refractivity contribution in [2.75, 3.05) is 20.1 Å². The standard InChI is InChI=1S/C17H27N3O4S.ClH/c1-12(2)16(18)6-7-20(3)17(21)9-19-25(22,23)15-5-4-13-10-24-11-14(13)8-15;/h4-5,8,12,16,19H,6-7,9-11,18H2,1-3H3;1H. The van der Waals surface area contributed by atoms with E-state index in [0.29, 0.717) is 32.1 Å². The molecule has 1 aliphatic heterocycles. The molecule has 0 radical (unpaired) electrons. The number of fused-ring (bicyclic) bond motifs is 1. The van der Waals surface area contributed by atoms with Crippen LogP contribution in [-0.4, -0.2) is 45.4 Å². The highest BCUT2D eigenvalue weighted by Gasteiger charge is 2.20. The molecule has 0 saturated heterocycles. The van der Waals surface area contributed by atoms with Crippen molar-refractivity contribution in [3.05, 3.63) is 29.3 Å². The molecule has 148 valence electrons. The van der Waals surface area contributed by atoms with E-state index < -0.39 is 10.0 Å². The highest BCUT2D eigenvalue weighted by molar-refractivity contribution is 7.89. The lowest BCUT2D eigenvalue weighted by atomic mass is 10.0. The Morgan fingerprint density at radius 2 is 1.96 bits per heavy atom. The molecule has 1 aromatic rings. The smallest absolute Gasteiger partial charge is 0.241 e. The van der Waals surface area contributed by atoms with Crippen molar-refractivity contribution in [3.8, 4) is 0 Å². The first-order chi connectivity index (χ1) is 11.7. The number of nitrogens with one attached hydrogen (secondary N) is 1. The zero-order chi connectivity index (χ0) is 18.6. The van der Waals surface area contributed by atoms with Gasteiger partial charge in [0.25, 0.3) is 0 Å². The molecule has 9 heteroatoms. The minimum absolute atomic E-state index is 0. The summed E-state index contributed by atoms with van der Waals surface area (Å²) in [6.45, 7) is 5.20. The maximum atomic E-state index is 12.4. The third-order valence-electron chi connectivity index (χ3n) is 4.50. The Bertz CT molecular complexity index is 725. The average molecular weight is 406 g/mol. The molecule has 3 N–H and O–H groups in total. The molecule has 0 aliphatic carbocycles. The van der Waals surface area contributed by atoms with E-state index in [1.807, 2.05) is 13.8 Å². The number of amides is 1. The van der Waals surface area contributed by atoms with Gasteiger partial charge >= 0.3 is 0 Å². The zero-order valence-corrected chi connectivity index (χ0v) is 17.0. The summed E-state index contributed by atoms with van der Waals surface area (Å²) >= 11 is 0. The molecule has 7 nitrogen and oxygen atoms in total. The van der Waals surface area contributed by atoms with Crippen LogP contribution in [0.4, 0.5) is 0 Å². The summed E-state index contributed by atoms with van der Waals surface area (Å²) in [5, 5.41) is 0. The molecule has 0 fully saturated rings. The number of ether oxygens (including phenoxy) is 1. The van der Waals surface area contributed by atoms with Crippen molar-refractivity contribution in [1.29, 1.82) is 0 Å². The molecule has 0 bridgehead atoms. The van der Waals surface area contributed by atoms with Crippen molar-refractivity contribution in [3.63, 3.8) is 0 Å². The Morgan fingerprint density at radius 1 is 1.31 bits per heavy atom. The number of carbonyl (C=O) groups is 1. The molecule has 2 rings (SSSR count). The van der Waals surface area contributed by atoms with Gasteiger partial charge in [0, 0.05) is 19.6 Å². The lowest BCUT2D eigenvalue weighted by molar-refractivity contribution is -0.128. The molecule has 1 heterocycles. The lowest BCUT2D eigenvalue weighted by Crippen LogP contribution is -2.40. The predicted octanol–water partition coefficient (Wildman–Crippen LogP) is 1.25. The van der Waals surface area contributed by atoms with E-state index in [0.717, 1.165) is 11.1 Å². The largest absolute Gasteiger partial charge is 0.372 e. The Morgan fingerprint density at radius 3 is 2.62 bits per heavy atom. The van der Waals surface area contributed by atoms with Crippen molar-refractivity contribution < 1.29 is 17.9 Å². The van der Waals surface area contributed by atoms with Gasteiger partial charge < -0.3 is 15.4 Å². The molecular weight excluding hydrogens is 378 g/mol. The first-order valence-corrected chi connectivity index (χ1v) is 9.88. The second-order valence-electron chi connectivity index (χ2n) is 6.76. The molecule has 0 aromatic heterocycles. The molecule has 1 unspecified atom stereocenters. The molecule has 1 atom stereocenters. The fourth-order valence-electron chi connectivity index (χ4n) is 2.49. The first kappa shape index (κ1) is 22.9. The Balaban J connectivity index is 0.00000338. The molecule has 1 aromatic carbocycles. The van der Waals surface area contributed by atoms with E-state index >= 15 is 0 Å². The van der Waals surface area contributed by atoms with Gasteiger partial charge in [-0.15, -0.1) is 12.4 Å². The van der Waals surface area contributed by atoms with Crippen LogP contribution < -0.4 is 10.5 Å². The predicted molar refractivity (Wildman–Crippen MR) is 102 cm³/mol. The number of hydrogen-bond acceptors (Lipinski definition) is 5. The van der Waals surface area contributed by atoms with Crippen LogP contribution in [0.5, 0.6) is 0 Å². The monoisotopic (exact) mass is 405 g/mol. The van der Waals surface area contributed by atoms with Crippen molar-refractivity contribution in [2.45, 2.75) is 44.4 Å². The third-order valence-corrected chi connectivity index (χ3v) is 5.90. The summed E-state index contributed by atoms with van der Waals surface area (Å²) in [7, 11) is -2.08. The molecule has 1 amide bonds. The fourth-order valence-corrected chi connectivity index (χ4v) is 3.52. The molecule has 0 spiro atoms. The summed E-state index contributed by atoms with van der Waals surface area (Å²) in [5.41, 5.74) is 7.84. The highest BCUT2D eigenvalue weighted by atomic mass is 35.5. The first-order valence-electron chi connectivity index (χ1n) is 8.39. The maximum absolute atomic E-state index is 12.4.